The van der Waals surface area contributed by atoms with E-state index in [1.807, 2.05) is 48.0 Å². The molecule has 0 unspecified atom stereocenters. The van der Waals surface area contributed by atoms with Gasteiger partial charge in [-0.05, 0) is 53.8 Å². The molecule has 0 saturated heterocycles. The van der Waals surface area contributed by atoms with Crippen molar-refractivity contribution in [2.75, 3.05) is 6.61 Å². The maximum atomic E-state index is 10.8. The van der Waals surface area contributed by atoms with Crippen LogP contribution in [0, 0.1) is 5.92 Å². The molecule has 0 amide bonds. The van der Waals surface area contributed by atoms with Gasteiger partial charge in [-0.25, -0.2) is 0 Å². The van der Waals surface area contributed by atoms with E-state index in [4.69, 9.17) is 4.74 Å². The second kappa shape index (κ2) is 6.10. The number of aliphatic hydroxyl groups is 1. The van der Waals surface area contributed by atoms with Gasteiger partial charge in [-0.2, -0.15) is 4.37 Å². The van der Waals surface area contributed by atoms with Crippen molar-refractivity contribution in [1.29, 1.82) is 0 Å². The Morgan fingerprint density at radius 1 is 1.26 bits per heavy atom. The lowest BCUT2D eigenvalue weighted by atomic mass is 9.87. The molecule has 1 N–H and O–H groups in total. The zero-order valence-electron chi connectivity index (χ0n) is 12.4. The summed E-state index contributed by atoms with van der Waals surface area (Å²) in [6.45, 7) is 0.513. The van der Waals surface area contributed by atoms with Gasteiger partial charge in [0.05, 0.1) is 18.4 Å². The summed E-state index contributed by atoms with van der Waals surface area (Å²) in [5.41, 5.74) is 3.89. The predicted octanol–water partition coefficient (Wildman–Crippen LogP) is 3.49. The summed E-state index contributed by atoms with van der Waals surface area (Å²) in [6.07, 6.45) is 3.80. The highest BCUT2D eigenvalue weighted by molar-refractivity contribution is 7.03. The third-order valence-electron chi connectivity index (χ3n) is 4.18. The zero-order chi connectivity index (χ0) is 15.6. The van der Waals surface area contributed by atoms with E-state index >= 15 is 0 Å². The van der Waals surface area contributed by atoms with Crippen LogP contribution >= 0.6 is 11.5 Å². The van der Waals surface area contributed by atoms with Crippen molar-refractivity contribution >= 4 is 11.5 Å². The Bertz CT molecular complexity index is 790. The Labute approximate surface area is 138 Å². The van der Waals surface area contributed by atoms with Gasteiger partial charge < -0.3 is 9.84 Å². The first kappa shape index (κ1) is 14.4. The Kier molecular flexibility index (Phi) is 3.81. The maximum absolute atomic E-state index is 10.8. The Balaban J connectivity index is 1.62. The van der Waals surface area contributed by atoms with Gasteiger partial charge in [-0.3, -0.25) is 4.98 Å². The van der Waals surface area contributed by atoms with Crippen molar-refractivity contribution in [2.24, 2.45) is 5.92 Å². The average Bonchev–Trinajstić information content (AvgIpc) is 3.13. The van der Waals surface area contributed by atoms with Crippen LogP contribution in [0.2, 0.25) is 0 Å². The number of fused-ring (bicyclic) bond motifs is 1. The summed E-state index contributed by atoms with van der Waals surface area (Å²) >= 11 is 1.42. The van der Waals surface area contributed by atoms with Gasteiger partial charge in [0.1, 0.15) is 5.75 Å². The molecule has 2 aromatic heterocycles. The Morgan fingerprint density at radius 2 is 2.22 bits per heavy atom. The molecule has 2 atom stereocenters. The number of benzene rings is 1. The molecule has 0 spiro atoms. The van der Waals surface area contributed by atoms with Gasteiger partial charge in [-0.1, -0.05) is 6.07 Å². The van der Waals surface area contributed by atoms with E-state index in [9.17, 15) is 5.11 Å². The molecule has 5 heteroatoms. The first-order chi connectivity index (χ1) is 11.3. The second-order valence-electron chi connectivity index (χ2n) is 5.72. The summed E-state index contributed by atoms with van der Waals surface area (Å²) in [4.78, 5) is 4.14. The molecule has 3 heterocycles. The third-order valence-corrected chi connectivity index (χ3v) is 4.74. The van der Waals surface area contributed by atoms with E-state index in [0.29, 0.717) is 6.61 Å². The molecular weight excluding hydrogens is 308 g/mol. The molecule has 3 aromatic rings. The van der Waals surface area contributed by atoms with Crippen molar-refractivity contribution in [3.05, 3.63) is 65.3 Å². The summed E-state index contributed by atoms with van der Waals surface area (Å²) in [5.74, 6) is 0.788. The number of pyridine rings is 1. The van der Waals surface area contributed by atoms with Crippen LogP contribution in [0.15, 0.2) is 54.2 Å². The number of nitrogens with zero attached hydrogens (tertiary/aromatic N) is 2. The largest absolute Gasteiger partial charge is 0.493 e. The highest BCUT2D eigenvalue weighted by Gasteiger charge is 2.30. The van der Waals surface area contributed by atoms with E-state index in [2.05, 4.69) is 9.36 Å². The van der Waals surface area contributed by atoms with Crippen molar-refractivity contribution in [2.45, 2.75) is 12.5 Å². The van der Waals surface area contributed by atoms with Crippen LogP contribution in [0.3, 0.4) is 0 Å². The quantitative estimate of drug-likeness (QED) is 0.801. The van der Waals surface area contributed by atoms with E-state index < -0.39 is 6.10 Å². The van der Waals surface area contributed by atoms with Crippen LogP contribution in [0.5, 0.6) is 5.75 Å². The molecular formula is C18H16N2O2S. The highest BCUT2D eigenvalue weighted by Crippen LogP contribution is 2.39. The first-order valence-corrected chi connectivity index (χ1v) is 8.39. The number of aromatic nitrogens is 2. The third kappa shape index (κ3) is 2.85. The summed E-state index contributed by atoms with van der Waals surface area (Å²) < 4.78 is 10.2. The van der Waals surface area contributed by atoms with Crippen LogP contribution in [-0.4, -0.2) is 21.1 Å². The highest BCUT2D eigenvalue weighted by atomic mass is 32.1. The molecule has 23 heavy (non-hydrogen) atoms. The summed E-state index contributed by atoms with van der Waals surface area (Å²) in [6, 6.07) is 11.8. The number of rotatable bonds is 3. The molecule has 0 aliphatic carbocycles. The van der Waals surface area contributed by atoms with Crippen molar-refractivity contribution in [3.8, 4) is 17.0 Å². The van der Waals surface area contributed by atoms with E-state index in [-0.39, 0.29) is 5.92 Å². The van der Waals surface area contributed by atoms with Crippen LogP contribution < -0.4 is 4.74 Å². The van der Waals surface area contributed by atoms with Crippen molar-refractivity contribution in [3.63, 3.8) is 0 Å². The fraction of sp³-hybridized carbons (Fsp3) is 0.222. The molecule has 1 aromatic carbocycles. The van der Waals surface area contributed by atoms with Gasteiger partial charge in [0.25, 0.3) is 0 Å². The minimum Gasteiger partial charge on any atom is -0.493 e. The lowest BCUT2D eigenvalue weighted by Crippen LogP contribution is -2.27. The number of hydrogen-bond acceptors (Lipinski definition) is 5. The van der Waals surface area contributed by atoms with E-state index in [1.54, 1.807) is 6.20 Å². The van der Waals surface area contributed by atoms with Gasteiger partial charge in [0.2, 0.25) is 0 Å². The molecule has 1 aliphatic rings. The minimum atomic E-state index is -0.544. The van der Waals surface area contributed by atoms with E-state index in [1.165, 1.54) is 11.5 Å². The van der Waals surface area contributed by atoms with Crippen molar-refractivity contribution < 1.29 is 9.84 Å². The maximum Gasteiger partial charge on any atom is 0.125 e. The topological polar surface area (TPSA) is 55.2 Å². The molecule has 4 nitrogen and oxygen atoms in total. The van der Waals surface area contributed by atoms with Crippen LogP contribution in [-0.2, 0) is 6.42 Å². The normalized spacial score (nSPS) is 19.9. The summed E-state index contributed by atoms with van der Waals surface area (Å²) in [7, 11) is 0. The van der Waals surface area contributed by atoms with Crippen LogP contribution in [0.1, 0.15) is 17.2 Å². The lowest BCUT2D eigenvalue weighted by Gasteiger charge is -2.30. The predicted molar refractivity (Wildman–Crippen MR) is 89.4 cm³/mol. The van der Waals surface area contributed by atoms with Gasteiger partial charge in [-0.15, -0.1) is 0 Å². The standard InChI is InChI=1S/C18H16N2O2S/c21-18-14(8-12-2-1-6-19-10-12)11-22-17-4-3-13(9-15(17)18)16-5-7-23-20-16/h1-7,9-10,14,18,21H,8,11H2/t14-,18-/m1/s1. The second-order valence-corrected chi connectivity index (χ2v) is 6.38. The number of ether oxygens (including phenoxy) is 1. The van der Waals surface area contributed by atoms with Crippen LogP contribution in [0.4, 0.5) is 0 Å². The molecule has 1 aliphatic heterocycles. The van der Waals surface area contributed by atoms with Gasteiger partial charge in [0, 0.05) is 34.8 Å². The van der Waals surface area contributed by atoms with Crippen molar-refractivity contribution in [1.82, 2.24) is 9.36 Å². The molecule has 0 saturated carbocycles. The zero-order valence-corrected chi connectivity index (χ0v) is 13.2. The lowest BCUT2D eigenvalue weighted by molar-refractivity contribution is 0.0508. The monoisotopic (exact) mass is 324 g/mol. The average molecular weight is 324 g/mol. The molecule has 0 bridgehead atoms. The van der Waals surface area contributed by atoms with Crippen LogP contribution in [0.25, 0.3) is 11.3 Å². The SMILES string of the molecule is O[C@H]1c2cc(-c3ccsn3)ccc2OC[C@H]1Cc1cccnc1. The van der Waals surface area contributed by atoms with Gasteiger partial charge >= 0.3 is 0 Å². The Hall–Kier alpha value is -2.24. The fourth-order valence-electron chi connectivity index (χ4n) is 2.97. The molecule has 0 radical (unpaired) electrons. The van der Waals surface area contributed by atoms with E-state index in [0.717, 1.165) is 34.6 Å². The number of aliphatic hydroxyl groups excluding tert-OH is 1. The summed E-state index contributed by atoms with van der Waals surface area (Å²) in [5, 5.41) is 12.7. The minimum absolute atomic E-state index is 0.0254. The first-order valence-electron chi connectivity index (χ1n) is 7.56. The smallest absolute Gasteiger partial charge is 0.125 e. The number of hydrogen-bond donors (Lipinski definition) is 1. The molecule has 4 rings (SSSR count). The molecule has 116 valence electrons. The molecule has 0 fully saturated rings. The van der Waals surface area contributed by atoms with Gasteiger partial charge in [0.15, 0.2) is 0 Å². The Morgan fingerprint density at radius 3 is 3.00 bits per heavy atom. The fourth-order valence-corrected chi connectivity index (χ4v) is 3.50.